The second-order valence-corrected chi connectivity index (χ2v) is 5.84. The SMILES string of the molecule is O=C(c1ccc(-n2cnc3ccccc32)cc1)N1CC[C@@H](O)C1. The molecule has 5 heteroatoms. The molecule has 0 spiro atoms. The normalized spacial score (nSPS) is 17.8. The molecule has 1 fully saturated rings. The van der Waals surface area contributed by atoms with Gasteiger partial charge in [0.2, 0.25) is 0 Å². The van der Waals surface area contributed by atoms with Crippen LogP contribution in [0.3, 0.4) is 0 Å². The van der Waals surface area contributed by atoms with Gasteiger partial charge < -0.3 is 10.0 Å². The molecule has 0 saturated carbocycles. The largest absolute Gasteiger partial charge is 0.391 e. The Labute approximate surface area is 133 Å². The van der Waals surface area contributed by atoms with Crippen LogP contribution in [0.1, 0.15) is 16.8 Å². The summed E-state index contributed by atoms with van der Waals surface area (Å²) in [4.78, 5) is 18.5. The first-order valence-corrected chi connectivity index (χ1v) is 7.72. The van der Waals surface area contributed by atoms with Gasteiger partial charge in [-0.2, -0.15) is 0 Å². The predicted octanol–water partition coefficient (Wildman–Crippen LogP) is 2.23. The van der Waals surface area contributed by atoms with Gasteiger partial charge in [0.05, 0.1) is 17.1 Å². The third-order valence-corrected chi connectivity index (χ3v) is 4.30. The standard InChI is InChI=1S/C18H17N3O2/c22-15-9-10-20(11-15)18(23)13-5-7-14(8-6-13)21-12-19-16-3-1-2-4-17(16)21/h1-8,12,15,22H,9-11H2/t15-/m1/s1. The van der Waals surface area contributed by atoms with E-state index in [1.54, 1.807) is 11.2 Å². The molecule has 1 aromatic heterocycles. The molecule has 0 radical (unpaired) electrons. The maximum Gasteiger partial charge on any atom is 0.253 e. The van der Waals surface area contributed by atoms with Gasteiger partial charge in [-0.15, -0.1) is 0 Å². The number of hydrogen-bond donors (Lipinski definition) is 1. The van der Waals surface area contributed by atoms with Crippen LogP contribution in [0.2, 0.25) is 0 Å². The molecular weight excluding hydrogens is 290 g/mol. The molecule has 1 aliphatic heterocycles. The number of imidazole rings is 1. The van der Waals surface area contributed by atoms with Crippen molar-refractivity contribution in [3.8, 4) is 5.69 Å². The fourth-order valence-electron chi connectivity index (χ4n) is 3.04. The number of carbonyl (C=O) groups is 1. The van der Waals surface area contributed by atoms with E-state index < -0.39 is 6.10 Å². The van der Waals surface area contributed by atoms with Crippen LogP contribution < -0.4 is 0 Å². The first-order chi connectivity index (χ1) is 11.2. The Balaban J connectivity index is 1.62. The fraction of sp³-hybridized carbons (Fsp3) is 0.222. The van der Waals surface area contributed by atoms with Crippen molar-refractivity contribution in [1.29, 1.82) is 0 Å². The van der Waals surface area contributed by atoms with Crippen LogP contribution in [0.15, 0.2) is 54.9 Å². The van der Waals surface area contributed by atoms with Crippen LogP contribution in [-0.4, -0.2) is 44.7 Å². The van der Waals surface area contributed by atoms with Crippen LogP contribution in [0.5, 0.6) is 0 Å². The van der Waals surface area contributed by atoms with Gasteiger partial charge in [-0.3, -0.25) is 9.36 Å². The predicted molar refractivity (Wildman–Crippen MR) is 87.6 cm³/mol. The van der Waals surface area contributed by atoms with Gasteiger partial charge in [-0.05, 0) is 42.8 Å². The number of aromatic nitrogens is 2. The summed E-state index contributed by atoms with van der Waals surface area (Å²) in [5, 5.41) is 9.56. The van der Waals surface area contributed by atoms with E-state index in [9.17, 15) is 9.90 Å². The second kappa shape index (κ2) is 5.52. The molecule has 0 unspecified atom stereocenters. The Bertz CT molecular complexity index is 854. The highest BCUT2D eigenvalue weighted by Gasteiger charge is 2.25. The Morgan fingerprint density at radius 1 is 1.13 bits per heavy atom. The molecule has 0 aliphatic carbocycles. The maximum atomic E-state index is 12.4. The van der Waals surface area contributed by atoms with E-state index in [0.29, 0.717) is 25.1 Å². The minimum Gasteiger partial charge on any atom is -0.391 e. The monoisotopic (exact) mass is 307 g/mol. The van der Waals surface area contributed by atoms with Gasteiger partial charge in [-0.25, -0.2) is 4.98 Å². The zero-order valence-corrected chi connectivity index (χ0v) is 12.6. The summed E-state index contributed by atoms with van der Waals surface area (Å²) >= 11 is 0. The highest BCUT2D eigenvalue weighted by atomic mass is 16.3. The summed E-state index contributed by atoms with van der Waals surface area (Å²) in [5.41, 5.74) is 3.59. The Hall–Kier alpha value is -2.66. The molecule has 1 saturated heterocycles. The molecule has 23 heavy (non-hydrogen) atoms. The van der Waals surface area contributed by atoms with Crippen molar-refractivity contribution in [1.82, 2.24) is 14.5 Å². The first kappa shape index (κ1) is 14.0. The van der Waals surface area contributed by atoms with Crippen molar-refractivity contribution in [2.75, 3.05) is 13.1 Å². The molecule has 1 atom stereocenters. The van der Waals surface area contributed by atoms with E-state index in [2.05, 4.69) is 4.98 Å². The van der Waals surface area contributed by atoms with Crippen LogP contribution >= 0.6 is 0 Å². The number of β-amino-alcohol motifs (C(OH)–C–C–N with tert-alkyl or cyclic N) is 1. The van der Waals surface area contributed by atoms with Crippen LogP contribution in [0, 0.1) is 0 Å². The first-order valence-electron chi connectivity index (χ1n) is 7.72. The molecule has 1 N–H and O–H groups in total. The van der Waals surface area contributed by atoms with Gasteiger partial charge >= 0.3 is 0 Å². The van der Waals surface area contributed by atoms with Gasteiger partial charge in [-0.1, -0.05) is 12.1 Å². The Morgan fingerprint density at radius 2 is 1.91 bits per heavy atom. The zero-order chi connectivity index (χ0) is 15.8. The van der Waals surface area contributed by atoms with Crippen LogP contribution in [-0.2, 0) is 0 Å². The summed E-state index contributed by atoms with van der Waals surface area (Å²) in [6.07, 6.45) is 2.05. The van der Waals surface area contributed by atoms with Gasteiger partial charge in [0.15, 0.2) is 0 Å². The second-order valence-electron chi connectivity index (χ2n) is 5.84. The Kier molecular flexibility index (Phi) is 3.35. The number of aliphatic hydroxyl groups is 1. The molecule has 116 valence electrons. The van der Waals surface area contributed by atoms with E-state index in [1.165, 1.54) is 0 Å². The number of hydrogen-bond acceptors (Lipinski definition) is 3. The average molecular weight is 307 g/mol. The summed E-state index contributed by atoms with van der Waals surface area (Å²) in [7, 11) is 0. The number of carbonyl (C=O) groups excluding carboxylic acids is 1. The summed E-state index contributed by atoms with van der Waals surface area (Å²) in [5.74, 6) is -0.0245. The van der Waals surface area contributed by atoms with Crippen molar-refractivity contribution in [2.24, 2.45) is 0 Å². The molecule has 3 aromatic rings. The third kappa shape index (κ3) is 2.49. The molecule has 4 rings (SSSR count). The van der Waals surface area contributed by atoms with E-state index in [0.717, 1.165) is 16.7 Å². The quantitative estimate of drug-likeness (QED) is 0.790. The summed E-state index contributed by atoms with van der Waals surface area (Å²) < 4.78 is 2.00. The van der Waals surface area contributed by atoms with Crippen LogP contribution in [0.4, 0.5) is 0 Å². The molecular formula is C18H17N3O2. The maximum absolute atomic E-state index is 12.4. The lowest BCUT2D eigenvalue weighted by Crippen LogP contribution is -2.29. The van der Waals surface area contributed by atoms with E-state index >= 15 is 0 Å². The number of rotatable bonds is 2. The number of likely N-dealkylation sites (tertiary alicyclic amines) is 1. The Morgan fingerprint density at radius 3 is 2.65 bits per heavy atom. The molecule has 1 aliphatic rings. The minimum atomic E-state index is -0.393. The summed E-state index contributed by atoms with van der Waals surface area (Å²) in [6.45, 7) is 1.04. The smallest absolute Gasteiger partial charge is 0.253 e. The van der Waals surface area contributed by atoms with Crippen molar-refractivity contribution >= 4 is 16.9 Å². The number of aliphatic hydroxyl groups excluding tert-OH is 1. The topological polar surface area (TPSA) is 58.4 Å². The molecule has 5 nitrogen and oxygen atoms in total. The highest BCUT2D eigenvalue weighted by molar-refractivity contribution is 5.94. The zero-order valence-electron chi connectivity index (χ0n) is 12.6. The highest BCUT2D eigenvalue weighted by Crippen LogP contribution is 2.19. The average Bonchev–Trinajstić information content (AvgIpc) is 3.21. The fourth-order valence-corrected chi connectivity index (χ4v) is 3.04. The number of fused-ring (bicyclic) bond motifs is 1. The van der Waals surface area contributed by atoms with Gasteiger partial charge in [0, 0.05) is 24.3 Å². The van der Waals surface area contributed by atoms with E-state index in [4.69, 9.17) is 0 Å². The van der Waals surface area contributed by atoms with Gasteiger partial charge in [0.25, 0.3) is 5.91 Å². The molecule has 1 amide bonds. The molecule has 0 bridgehead atoms. The van der Waals surface area contributed by atoms with Crippen LogP contribution in [0.25, 0.3) is 16.7 Å². The number of amides is 1. The number of para-hydroxylation sites is 2. The molecule has 2 aromatic carbocycles. The minimum absolute atomic E-state index is 0.0245. The molecule has 2 heterocycles. The van der Waals surface area contributed by atoms with Crippen molar-refractivity contribution in [2.45, 2.75) is 12.5 Å². The van der Waals surface area contributed by atoms with E-state index in [1.807, 2.05) is 53.1 Å². The number of benzene rings is 2. The van der Waals surface area contributed by atoms with E-state index in [-0.39, 0.29) is 5.91 Å². The van der Waals surface area contributed by atoms with Crippen molar-refractivity contribution in [3.05, 3.63) is 60.4 Å². The number of nitrogens with zero attached hydrogens (tertiary/aromatic N) is 3. The lowest BCUT2D eigenvalue weighted by molar-refractivity contribution is 0.0765. The summed E-state index contributed by atoms with van der Waals surface area (Å²) in [6, 6.07) is 15.5. The van der Waals surface area contributed by atoms with Gasteiger partial charge in [0.1, 0.15) is 6.33 Å². The lowest BCUT2D eigenvalue weighted by Gasteiger charge is -2.15. The lowest BCUT2D eigenvalue weighted by atomic mass is 10.2. The van der Waals surface area contributed by atoms with Crippen molar-refractivity contribution < 1.29 is 9.90 Å². The van der Waals surface area contributed by atoms with Crippen molar-refractivity contribution in [3.63, 3.8) is 0 Å². The third-order valence-electron chi connectivity index (χ3n) is 4.30.